The molecule has 4 amide bonds. The number of amides is 4. The maximum absolute atomic E-state index is 13.4. The van der Waals surface area contributed by atoms with Crippen LogP contribution in [0.5, 0.6) is 11.5 Å². The van der Waals surface area contributed by atoms with Gasteiger partial charge in [-0.2, -0.15) is 0 Å². The third kappa shape index (κ3) is 5.14. The fourth-order valence-corrected chi connectivity index (χ4v) is 3.71. The van der Waals surface area contributed by atoms with E-state index in [0.29, 0.717) is 11.5 Å². The van der Waals surface area contributed by atoms with Crippen molar-refractivity contribution in [3.05, 3.63) is 90.5 Å². The quantitative estimate of drug-likeness (QED) is 0.418. The minimum absolute atomic E-state index is 0.243. The number of rotatable bonds is 7. The fourth-order valence-electron chi connectivity index (χ4n) is 3.71. The summed E-state index contributed by atoms with van der Waals surface area (Å²) in [6, 6.07) is 22.2. The van der Waals surface area contributed by atoms with Crippen LogP contribution in [0, 0.1) is 0 Å². The highest BCUT2D eigenvalue weighted by Gasteiger charge is 2.46. The second-order valence-electron chi connectivity index (χ2n) is 7.64. The summed E-state index contributed by atoms with van der Waals surface area (Å²) < 4.78 is 10.7. The van der Waals surface area contributed by atoms with Gasteiger partial charge in [-0.3, -0.25) is 24.6 Å². The molecule has 35 heavy (non-hydrogen) atoms. The van der Waals surface area contributed by atoms with Crippen LogP contribution in [0.4, 0.5) is 5.69 Å². The Morgan fingerprint density at radius 2 is 1.57 bits per heavy atom. The summed E-state index contributed by atoms with van der Waals surface area (Å²) in [5.41, 5.74) is 2.97. The number of ether oxygens (including phenoxy) is 2. The van der Waals surface area contributed by atoms with Gasteiger partial charge in [0.15, 0.2) is 6.61 Å². The number of hydrazine groups is 1. The van der Waals surface area contributed by atoms with E-state index in [-0.39, 0.29) is 17.7 Å². The van der Waals surface area contributed by atoms with E-state index < -0.39 is 36.3 Å². The molecular weight excluding hydrogens is 450 g/mol. The van der Waals surface area contributed by atoms with Crippen molar-refractivity contribution in [3.63, 3.8) is 0 Å². The molecule has 0 spiro atoms. The number of hydrogen-bond acceptors (Lipinski definition) is 6. The van der Waals surface area contributed by atoms with Crippen LogP contribution in [-0.4, -0.2) is 48.4 Å². The number of nitrogens with zero attached hydrogens (tertiary/aromatic N) is 2. The lowest BCUT2D eigenvalue weighted by molar-refractivity contribution is -0.130. The molecule has 9 heteroatoms. The summed E-state index contributed by atoms with van der Waals surface area (Å²) >= 11 is 0. The molecule has 9 nitrogen and oxygen atoms in total. The molecule has 1 aliphatic rings. The SMILES string of the molecule is COc1ccccc1N1C(=O)CC(N(NC(=O)COc2ccccc2)C(=O)c2ccccc2)C1=O. The Hall–Kier alpha value is -4.66. The van der Waals surface area contributed by atoms with Crippen molar-refractivity contribution in [3.8, 4) is 11.5 Å². The molecule has 0 aliphatic carbocycles. The normalized spacial score (nSPS) is 15.0. The second-order valence-corrected chi connectivity index (χ2v) is 7.64. The third-order valence-corrected chi connectivity index (χ3v) is 5.36. The molecule has 1 saturated heterocycles. The van der Waals surface area contributed by atoms with Gasteiger partial charge in [0.05, 0.1) is 19.2 Å². The molecule has 0 aromatic heterocycles. The number of hydrogen-bond donors (Lipinski definition) is 1. The molecule has 1 unspecified atom stereocenters. The van der Waals surface area contributed by atoms with E-state index in [1.807, 2.05) is 6.07 Å². The zero-order valence-corrected chi connectivity index (χ0v) is 18.9. The summed E-state index contributed by atoms with van der Waals surface area (Å²) in [6.45, 7) is -0.395. The minimum atomic E-state index is -1.25. The molecule has 0 radical (unpaired) electrons. The van der Waals surface area contributed by atoms with Crippen LogP contribution in [0.15, 0.2) is 84.9 Å². The highest BCUT2D eigenvalue weighted by Crippen LogP contribution is 2.33. The molecule has 1 N–H and O–H groups in total. The van der Waals surface area contributed by atoms with Gasteiger partial charge in [0, 0.05) is 5.56 Å². The van der Waals surface area contributed by atoms with Crippen LogP contribution in [0.2, 0.25) is 0 Å². The Morgan fingerprint density at radius 3 is 2.26 bits per heavy atom. The lowest BCUT2D eigenvalue weighted by atomic mass is 10.1. The van der Waals surface area contributed by atoms with Crippen LogP contribution in [0.1, 0.15) is 16.8 Å². The number of carbonyl (C=O) groups is 4. The number of para-hydroxylation sites is 3. The van der Waals surface area contributed by atoms with Crippen LogP contribution < -0.4 is 19.8 Å². The van der Waals surface area contributed by atoms with Gasteiger partial charge < -0.3 is 9.47 Å². The Morgan fingerprint density at radius 1 is 0.943 bits per heavy atom. The third-order valence-electron chi connectivity index (χ3n) is 5.36. The topological polar surface area (TPSA) is 105 Å². The van der Waals surface area contributed by atoms with E-state index in [9.17, 15) is 19.2 Å². The molecule has 4 rings (SSSR count). The van der Waals surface area contributed by atoms with Crippen LogP contribution in [0.25, 0.3) is 0 Å². The highest BCUT2D eigenvalue weighted by atomic mass is 16.5. The van der Waals surface area contributed by atoms with Gasteiger partial charge in [0.1, 0.15) is 17.5 Å². The molecule has 3 aromatic rings. The summed E-state index contributed by atoms with van der Waals surface area (Å²) in [6.07, 6.45) is -0.310. The Bertz CT molecular complexity index is 1230. The zero-order chi connectivity index (χ0) is 24.8. The fraction of sp³-hybridized carbons (Fsp3) is 0.154. The molecule has 0 saturated carbocycles. The van der Waals surface area contributed by atoms with Crippen molar-refractivity contribution in [1.29, 1.82) is 0 Å². The summed E-state index contributed by atoms with van der Waals surface area (Å²) in [7, 11) is 1.43. The summed E-state index contributed by atoms with van der Waals surface area (Å²) in [5, 5.41) is 0.904. The van der Waals surface area contributed by atoms with Crippen molar-refractivity contribution in [1.82, 2.24) is 10.4 Å². The molecular formula is C26H23N3O6. The average molecular weight is 473 g/mol. The van der Waals surface area contributed by atoms with E-state index in [0.717, 1.165) is 9.91 Å². The van der Waals surface area contributed by atoms with Crippen molar-refractivity contribution in [2.45, 2.75) is 12.5 Å². The standard InChI is InChI=1S/C26H23N3O6/c1-34-22-15-9-8-14-20(22)28-24(31)16-21(26(28)33)29(25(32)18-10-4-2-5-11-18)27-23(30)17-35-19-12-6-3-7-13-19/h2-15,21H,16-17H2,1H3,(H,27,30). The smallest absolute Gasteiger partial charge is 0.276 e. The lowest BCUT2D eigenvalue weighted by Gasteiger charge is -2.28. The predicted molar refractivity (Wildman–Crippen MR) is 127 cm³/mol. The van der Waals surface area contributed by atoms with E-state index in [1.54, 1.807) is 78.9 Å². The first-order valence-corrected chi connectivity index (χ1v) is 10.9. The number of nitrogens with one attached hydrogen (secondary N) is 1. The van der Waals surface area contributed by atoms with Crippen molar-refractivity contribution in [2.24, 2.45) is 0 Å². The molecule has 1 aliphatic heterocycles. The average Bonchev–Trinajstić information content (AvgIpc) is 3.19. The van der Waals surface area contributed by atoms with Crippen molar-refractivity contribution >= 4 is 29.3 Å². The molecule has 3 aromatic carbocycles. The van der Waals surface area contributed by atoms with Gasteiger partial charge in [-0.05, 0) is 36.4 Å². The van der Waals surface area contributed by atoms with Crippen molar-refractivity contribution < 1.29 is 28.7 Å². The van der Waals surface area contributed by atoms with Crippen LogP contribution in [-0.2, 0) is 14.4 Å². The predicted octanol–water partition coefficient (Wildman–Crippen LogP) is 2.58. The van der Waals surface area contributed by atoms with E-state index in [1.165, 1.54) is 7.11 Å². The molecule has 1 atom stereocenters. The van der Waals surface area contributed by atoms with Gasteiger partial charge in [-0.1, -0.05) is 48.5 Å². The molecule has 1 fully saturated rings. The largest absolute Gasteiger partial charge is 0.495 e. The molecule has 0 bridgehead atoms. The summed E-state index contributed by atoms with van der Waals surface area (Å²) in [4.78, 5) is 53.3. The van der Waals surface area contributed by atoms with Gasteiger partial charge in [-0.15, -0.1) is 0 Å². The first-order chi connectivity index (χ1) is 17.0. The van der Waals surface area contributed by atoms with Gasteiger partial charge in [0.2, 0.25) is 5.91 Å². The van der Waals surface area contributed by atoms with Gasteiger partial charge >= 0.3 is 0 Å². The maximum atomic E-state index is 13.4. The van der Waals surface area contributed by atoms with E-state index >= 15 is 0 Å². The highest BCUT2D eigenvalue weighted by molar-refractivity contribution is 6.24. The van der Waals surface area contributed by atoms with Crippen LogP contribution >= 0.6 is 0 Å². The Labute approximate surface area is 201 Å². The molecule has 178 valence electrons. The number of benzene rings is 3. The van der Waals surface area contributed by atoms with E-state index in [2.05, 4.69) is 5.43 Å². The Balaban J connectivity index is 1.59. The zero-order valence-electron chi connectivity index (χ0n) is 18.9. The first kappa shape index (κ1) is 23.5. The van der Waals surface area contributed by atoms with Crippen LogP contribution in [0.3, 0.4) is 0 Å². The van der Waals surface area contributed by atoms with Gasteiger partial charge in [0.25, 0.3) is 17.7 Å². The Kier molecular flexibility index (Phi) is 7.06. The van der Waals surface area contributed by atoms with Gasteiger partial charge in [-0.25, -0.2) is 9.91 Å². The van der Waals surface area contributed by atoms with Crippen molar-refractivity contribution in [2.75, 3.05) is 18.6 Å². The second kappa shape index (κ2) is 10.5. The molecule has 1 heterocycles. The number of methoxy groups -OCH3 is 1. The number of carbonyl (C=O) groups excluding carboxylic acids is 4. The van der Waals surface area contributed by atoms with E-state index in [4.69, 9.17) is 9.47 Å². The first-order valence-electron chi connectivity index (χ1n) is 10.9. The minimum Gasteiger partial charge on any atom is -0.495 e. The lowest BCUT2D eigenvalue weighted by Crippen LogP contribution is -2.55. The number of imide groups is 1. The summed E-state index contributed by atoms with van der Waals surface area (Å²) in [5.74, 6) is -1.67. The number of anilines is 1. The monoisotopic (exact) mass is 473 g/mol. The maximum Gasteiger partial charge on any atom is 0.276 e.